The van der Waals surface area contributed by atoms with E-state index in [4.69, 9.17) is 0 Å². The molecule has 1 aromatic carbocycles. The van der Waals surface area contributed by atoms with Crippen LogP contribution in [-0.2, 0) is 11.2 Å². The van der Waals surface area contributed by atoms with Gasteiger partial charge in [-0.25, -0.2) is 0 Å². The quantitative estimate of drug-likeness (QED) is 0.904. The van der Waals surface area contributed by atoms with Gasteiger partial charge in [-0.05, 0) is 36.5 Å². The van der Waals surface area contributed by atoms with Crippen LogP contribution in [0.5, 0.6) is 5.75 Å². The summed E-state index contributed by atoms with van der Waals surface area (Å²) in [7, 11) is 0. The number of amides is 1. The van der Waals surface area contributed by atoms with Crippen LogP contribution in [0.1, 0.15) is 18.4 Å². The highest BCUT2D eigenvalue weighted by Gasteiger charge is 2.27. The first-order valence-corrected chi connectivity index (χ1v) is 7.49. The predicted octanol–water partition coefficient (Wildman–Crippen LogP) is 1.49. The van der Waals surface area contributed by atoms with E-state index in [-0.39, 0.29) is 11.7 Å². The maximum atomic E-state index is 12.2. The molecule has 1 saturated carbocycles. The summed E-state index contributed by atoms with van der Waals surface area (Å²) in [6, 6.07) is 6.97. The zero-order chi connectivity index (χ0) is 13.9. The van der Waals surface area contributed by atoms with Crippen LogP contribution in [0.15, 0.2) is 24.3 Å². The Balaban J connectivity index is 1.48. The maximum absolute atomic E-state index is 12.2. The van der Waals surface area contributed by atoms with Gasteiger partial charge in [0.2, 0.25) is 5.91 Å². The van der Waals surface area contributed by atoms with Crippen molar-refractivity contribution in [2.24, 2.45) is 5.92 Å². The third-order valence-electron chi connectivity index (χ3n) is 4.20. The van der Waals surface area contributed by atoms with E-state index >= 15 is 0 Å². The van der Waals surface area contributed by atoms with Gasteiger partial charge in [0, 0.05) is 32.7 Å². The van der Waals surface area contributed by atoms with Crippen LogP contribution < -0.4 is 0 Å². The Bertz CT molecular complexity index is 477. The number of phenolic OH excluding ortho intramolecular Hbond substituents is 1. The number of piperazine rings is 1. The molecule has 1 aromatic rings. The summed E-state index contributed by atoms with van der Waals surface area (Å²) in [6.07, 6.45) is 3.16. The van der Waals surface area contributed by atoms with Crippen LogP contribution in [0.3, 0.4) is 0 Å². The Morgan fingerprint density at radius 2 is 1.95 bits per heavy atom. The van der Waals surface area contributed by atoms with E-state index in [9.17, 15) is 9.90 Å². The van der Waals surface area contributed by atoms with E-state index in [1.165, 1.54) is 19.4 Å². The van der Waals surface area contributed by atoms with Gasteiger partial charge in [0.1, 0.15) is 5.75 Å². The Morgan fingerprint density at radius 3 is 2.60 bits per heavy atom. The molecule has 1 amide bonds. The lowest BCUT2D eigenvalue weighted by Gasteiger charge is -2.34. The Morgan fingerprint density at radius 1 is 1.20 bits per heavy atom. The molecule has 2 aliphatic rings. The number of carbonyl (C=O) groups is 1. The predicted molar refractivity (Wildman–Crippen MR) is 77.6 cm³/mol. The average Bonchev–Trinajstić information content (AvgIpc) is 3.23. The first-order chi connectivity index (χ1) is 9.70. The highest BCUT2D eigenvalue weighted by Crippen LogP contribution is 2.29. The molecule has 1 N–H and O–H groups in total. The van der Waals surface area contributed by atoms with Gasteiger partial charge < -0.3 is 10.0 Å². The Kier molecular flexibility index (Phi) is 3.92. The SMILES string of the molecule is O=C(Cc1cccc(O)c1)N1CCN(CC2CC2)CC1. The molecule has 108 valence electrons. The van der Waals surface area contributed by atoms with Crippen molar-refractivity contribution in [2.75, 3.05) is 32.7 Å². The minimum atomic E-state index is 0.168. The normalized spacial score (nSPS) is 20.1. The van der Waals surface area contributed by atoms with E-state index in [1.54, 1.807) is 18.2 Å². The summed E-state index contributed by atoms with van der Waals surface area (Å²) < 4.78 is 0. The van der Waals surface area contributed by atoms with Crippen molar-refractivity contribution < 1.29 is 9.90 Å². The van der Waals surface area contributed by atoms with Gasteiger partial charge in [-0.1, -0.05) is 12.1 Å². The summed E-state index contributed by atoms with van der Waals surface area (Å²) >= 11 is 0. The fourth-order valence-electron chi connectivity index (χ4n) is 2.80. The summed E-state index contributed by atoms with van der Waals surface area (Å²) in [5.74, 6) is 1.32. The van der Waals surface area contributed by atoms with Gasteiger partial charge in [0.05, 0.1) is 6.42 Å². The molecule has 2 fully saturated rings. The maximum Gasteiger partial charge on any atom is 0.227 e. The Hall–Kier alpha value is -1.55. The molecule has 1 aliphatic heterocycles. The van der Waals surface area contributed by atoms with Crippen LogP contribution >= 0.6 is 0 Å². The second kappa shape index (κ2) is 5.83. The van der Waals surface area contributed by atoms with E-state index < -0.39 is 0 Å². The van der Waals surface area contributed by atoms with Crippen molar-refractivity contribution in [2.45, 2.75) is 19.3 Å². The molecular formula is C16H22N2O2. The molecule has 3 rings (SSSR count). The monoisotopic (exact) mass is 274 g/mol. The molecule has 0 radical (unpaired) electrons. The van der Waals surface area contributed by atoms with Crippen molar-refractivity contribution in [3.8, 4) is 5.75 Å². The van der Waals surface area contributed by atoms with Crippen molar-refractivity contribution >= 4 is 5.91 Å². The van der Waals surface area contributed by atoms with E-state index in [1.807, 2.05) is 11.0 Å². The molecule has 0 bridgehead atoms. The largest absolute Gasteiger partial charge is 0.508 e. The standard InChI is InChI=1S/C16H22N2O2/c19-15-3-1-2-14(10-15)11-16(20)18-8-6-17(7-9-18)12-13-4-5-13/h1-3,10,13,19H,4-9,11-12H2. The number of aromatic hydroxyl groups is 1. The molecule has 1 heterocycles. The van der Waals surface area contributed by atoms with Crippen LogP contribution in [0.4, 0.5) is 0 Å². The average molecular weight is 274 g/mol. The number of carbonyl (C=O) groups excluding carboxylic acids is 1. The zero-order valence-electron chi connectivity index (χ0n) is 11.8. The highest BCUT2D eigenvalue weighted by molar-refractivity contribution is 5.79. The summed E-state index contributed by atoms with van der Waals surface area (Å²) in [4.78, 5) is 16.7. The summed E-state index contributed by atoms with van der Waals surface area (Å²) in [5.41, 5.74) is 0.885. The third kappa shape index (κ3) is 3.51. The van der Waals surface area contributed by atoms with Crippen molar-refractivity contribution in [1.82, 2.24) is 9.80 Å². The van der Waals surface area contributed by atoms with Crippen LogP contribution in [0, 0.1) is 5.92 Å². The lowest BCUT2D eigenvalue weighted by molar-refractivity contribution is -0.132. The van der Waals surface area contributed by atoms with Crippen LogP contribution in [0.2, 0.25) is 0 Å². The van der Waals surface area contributed by atoms with E-state index in [2.05, 4.69) is 4.90 Å². The summed E-state index contributed by atoms with van der Waals surface area (Å²) in [6.45, 7) is 4.90. The molecule has 0 aromatic heterocycles. The smallest absolute Gasteiger partial charge is 0.227 e. The molecule has 0 atom stereocenters. The van der Waals surface area contributed by atoms with Gasteiger partial charge in [-0.2, -0.15) is 0 Å². The van der Waals surface area contributed by atoms with Crippen molar-refractivity contribution in [3.05, 3.63) is 29.8 Å². The lowest BCUT2D eigenvalue weighted by Crippen LogP contribution is -2.49. The van der Waals surface area contributed by atoms with Crippen LogP contribution in [-0.4, -0.2) is 53.5 Å². The fraction of sp³-hybridized carbons (Fsp3) is 0.562. The topological polar surface area (TPSA) is 43.8 Å². The Labute approximate surface area is 120 Å². The van der Waals surface area contributed by atoms with Crippen molar-refractivity contribution in [3.63, 3.8) is 0 Å². The van der Waals surface area contributed by atoms with E-state index in [0.29, 0.717) is 6.42 Å². The molecule has 1 aliphatic carbocycles. The van der Waals surface area contributed by atoms with Gasteiger partial charge in [-0.3, -0.25) is 9.69 Å². The number of hydrogen-bond acceptors (Lipinski definition) is 3. The van der Waals surface area contributed by atoms with E-state index in [0.717, 1.165) is 37.7 Å². The van der Waals surface area contributed by atoms with Crippen molar-refractivity contribution in [1.29, 1.82) is 0 Å². The van der Waals surface area contributed by atoms with Gasteiger partial charge in [-0.15, -0.1) is 0 Å². The fourth-order valence-corrected chi connectivity index (χ4v) is 2.80. The second-order valence-corrected chi connectivity index (χ2v) is 5.97. The number of hydrogen-bond donors (Lipinski definition) is 1. The highest BCUT2D eigenvalue weighted by atomic mass is 16.3. The zero-order valence-corrected chi connectivity index (χ0v) is 11.8. The van der Waals surface area contributed by atoms with Crippen LogP contribution in [0.25, 0.3) is 0 Å². The number of rotatable bonds is 4. The first-order valence-electron chi connectivity index (χ1n) is 7.49. The van der Waals surface area contributed by atoms with Gasteiger partial charge in [0.15, 0.2) is 0 Å². The minimum absolute atomic E-state index is 0.168. The number of phenols is 1. The molecule has 4 nitrogen and oxygen atoms in total. The lowest BCUT2D eigenvalue weighted by atomic mass is 10.1. The number of nitrogens with zero attached hydrogens (tertiary/aromatic N) is 2. The molecular weight excluding hydrogens is 252 g/mol. The molecule has 20 heavy (non-hydrogen) atoms. The minimum Gasteiger partial charge on any atom is -0.508 e. The molecule has 1 saturated heterocycles. The molecule has 4 heteroatoms. The molecule has 0 unspecified atom stereocenters. The first kappa shape index (κ1) is 13.4. The summed E-state index contributed by atoms with van der Waals surface area (Å²) in [5, 5.41) is 9.43. The number of benzene rings is 1. The van der Waals surface area contributed by atoms with Gasteiger partial charge >= 0.3 is 0 Å². The second-order valence-electron chi connectivity index (χ2n) is 5.97. The van der Waals surface area contributed by atoms with Gasteiger partial charge in [0.25, 0.3) is 0 Å². The molecule has 0 spiro atoms. The third-order valence-corrected chi connectivity index (χ3v) is 4.20.